The number of carbonyl (C=O) groups excluding carboxylic acids is 1. The number of halogens is 2. The SMILES string of the molecule is C=C/C(CC)=c1\ccc(C(=O)OC)c\c1=C(\C)c1c(F)cccc1F. The molecule has 2 aromatic carbocycles. The first-order valence-corrected chi connectivity index (χ1v) is 7.93. The number of esters is 1. The monoisotopic (exact) mass is 342 g/mol. The summed E-state index contributed by atoms with van der Waals surface area (Å²) < 4.78 is 33.2. The van der Waals surface area contributed by atoms with Crippen LogP contribution in [0.15, 0.2) is 49.1 Å². The zero-order valence-electron chi connectivity index (χ0n) is 14.5. The molecule has 0 heterocycles. The number of methoxy groups -OCH3 is 1. The molecule has 0 bridgehead atoms. The standard InChI is InChI=1S/C21H20F2O2/c1-5-14(6-2)16-11-10-15(21(24)25-4)12-17(16)13(3)20-18(22)8-7-9-19(20)23/h5,7-12H,1,6H2,2-4H3/b16-14-,17-13+. The molecule has 0 radical (unpaired) electrons. The largest absolute Gasteiger partial charge is 0.465 e. The van der Waals surface area contributed by atoms with Gasteiger partial charge in [-0.1, -0.05) is 31.7 Å². The average Bonchev–Trinajstić information content (AvgIpc) is 2.62. The number of ether oxygens (including phenoxy) is 1. The van der Waals surface area contributed by atoms with Crippen LogP contribution in [-0.2, 0) is 4.74 Å². The summed E-state index contributed by atoms with van der Waals surface area (Å²) in [6.45, 7) is 7.41. The number of hydrogen-bond donors (Lipinski definition) is 0. The van der Waals surface area contributed by atoms with Gasteiger partial charge in [0.1, 0.15) is 11.6 Å². The molecule has 0 unspecified atom stereocenters. The lowest BCUT2D eigenvalue weighted by molar-refractivity contribution is 0.0600. The molecule has 130 valence electrons. The summed E-state index contributed by atoms with van der Waals surface area (Å²) in [5.74, 6) is -1.81. The van der Waals surface area contributed by atoms with E-state index in [-0.39, 0.29) is 5.56 Å². The Kier molecular flexibility index (Phi) is 5.86. The van der Waals surface area contributed by atoms with Crippen LogP contribution in [0.5, 0.6) is 0 Å². The topological polar surface area (TPSA) is 26.3 Å². The maximum absolute atomic E-state index is 14.2. The highest BCUT2D eigenvalue weighted by molar-refractivity contribution is 5.89. The fourth-order valence-electron chi connectivity index (χ4n) is 2.81. The predicted molar refractivity (Wildman–Crippen MR) is 95.5 cm³/mol. The van der Waals surface area contributed by atoms with Crippen LogP contribution in [0.25, 0.3) is 11.1 Å². The molecule has 2 aromatic rings. The van der Waals surface area contributed by atoms with Gasteiger partial charge in [0.2, 0.25) is 0 Å². The Hall–Kier alpha value is -2.75. The first kappa shape index (κ1) is 18.6. The second-order valence-corrected chi connectivity index (χ2v) is 5.56. The number of hydrogen-bond acceptors (Lipinski definition) is 2. The quantitative estimate of drug-likeness (QED) is 0.792. The third kappa shape index (κ3) is 3.68. The molecular formula is C21H20F2O2. The molecule has 2 rings (SSSR count). The zero-order chi connectivity index (χ0) is 18.6. The molecule has 0 fully saturated rings. The van der Waals surface area contributed by atoms with Gasteiger partial charge >= 0.3 is 5.97 Å². The molecule has 0 amide bonds. The third-order valence-corrected chi connectivity index (χ3v) is 4.16. The maximum Gasteiger partial charge on any atom is 0.337 e. The fourth-order valence-corrected chi connectivity index (χ4v) is 2.81. The van der Waals surface area contributed by atoms with E-state index in [1.54, 1.807) is 31.2 Å². The number of benzene rings is 2. The van der Waals surface area contributed by atoms with Crippen molar-refractivity contribution in [3.05, 3.63) is 82.3 Å². The Morgan fingerprint density at radius 3 is 2.32 bits per heavy atom. The summed E-state index contributed by atoms with van der Waals surface area (Å²) in [5, 5.41) is 1.36. The van der Waals surface area contributed by atoms with Gasteiger partial charge in [-0.15, -0.1) is 0 Å². The molecule has 0 aliphatic carbocycles. The summed E-state index contributed by atoms with van der Waals surface area (Å²) in [7, 11) is 1.29. The van der Waals surface area contributed by atoms with Crippen LogP contribution >= 0.6 is 0 Å². The highest BCUT2D eigenvalue weighted by atomic mass is 19.1. The van der Waals surface area contributed by atoms with Crippen molar-refractivity contribution in [1.82, 2.24) is 0 Å². The number of rotatable bonds is 4. The summed E-state index contributed by atoms with van der Waals surface area (Å²) in [4.78, 5) is 11.9. The van der Waals surface area contributed by atoms with Crippen molar-refractivity contribution < 1.29 is 18.3 Å². The molecule has 0 aliphatic heterocycles. The minimum atomic E-state index is -0.649. The van der Waals surface area contributed by atoms with Crippen LogP contribution in [0.2, 0.25) is 0 Å². The summed E-state index contributed by atoms with van der Waals surface area (Å²) >= 11 is 0. The first-order chi connectivity index (χ1) is 11.9. The lowest BCUT2D eigenvalue weighted by atomic mass is 9.98. The van der Waals surface area contributed by atoms with E-state index >= 15 is 0 Å². The molecular weight excluding hydrogens is 322 g/mol. The lowest BCUT2D eigenvalue weighted by Gasteiger charge is -2.09. The molecule has 0 saturated heterocycles. The van der Waals surface area contributed by atoms with Crippen LogP contribution in [-0.4, -0.2) is 13.1 Å². The summed E-state index contributed by atoms with van der Waals surface area (Å²) in [5.41, 5.74) is 1.54. The molecule has 0 atom stereocenters. The van der Waals surface area contributed by atoms with Gasteiger partial charge < -0.3 is 4.74 Å². The van der Waals surface area contributed by atoms with Gasteiger partial charge in [0.25, 0.3) is 0 Å². The second-order valence-electron chi connectivity index (χ2n) is 5.56. The van der Waals surface area contributed by atoms with E-state index in [0.717, 1.165) is 10.8 Å². The fraction of sp³-hybridized carbons (Fsp3) is 0.190. The Balaban J connectivity index is 3.01. The van der Waals surface area contributed by atoms with Gasteiger partial charge in [0.15, 0.2) is 0 Å². The van der Waals surface area contributed by atoms with Crippen molar-refractivity contribution in [2.24, 2.45) is 0 Å². The molecule has 0 aromatic heterocycles. The van der Waals surface area contributed by atoms with Crippen molar-refractivity contribution >= 4 is 17.1 Å². The van der Waals surface area contributed by atoms with E-state index in [9.17, 15) is 13.6 Å². The highest BCUT2D eigenvalue weighted by Crippen LogP contribution is 2.19. The van der Waals surface area contributed by atoms with Gasteiger partial charge in [-0.3, -0.25) is 0 Å². The minimum Gasteiger partial charge on any atom is -0.465 e. The summed E-state index contributed by atoms with van der Waals surface area (Å²) in [6.07, 6.45) is 2.41. The van der Waals surface area contributed by atoms with Crippen molar-refractivity contribution in [2.75, 3.05) is 7.11 Å². The van der Waals surface area contributed by atoms with E-state index in [0.29, 0.717) is 22.8 Å². The number of carbonyl (C=O) groups is 1. The Morgan fingerprint density at radius 2 is 1.80 bits per heavy atom. The average molecular weight is 342 g/mol. The van der Waals surface area contributed by atoms with Crippen LogP contribution in [0.1, 0.15) is 36.2 Å². The Labute approximate surface area is 145 Å². The molecule has 0 N–H and O–H groups in total. The maximum atomic E-state index is 14.2. The van der Waals surface area contributed by atoms with Crippen LogP contribution in [0, 0.1) is 11.6 Å². The molecule has 25 heavy (non-hydrogen) atoms. The van der Waals surface area contributed by atoms with Gasteiger partial charge in [-0.25, -0.2) is 13.6 Å². The van der Waals surface area contributed by atoms with E-state index in [4.69, 9.17) is 4.74 Å². The smallest absolute Gasteiger partial charge is 0.337 e. The minimum absolute atomic E-state index is 0.106. The van der Waals surface area contributed by atoms with Crippen LogP contribution in [0.4, 0.5) is 8.78 Å². The predicted octanol–water partition coefficient (Wildman–Crippen LogP) is 3.72. The van der Waals surface area contributed by atoms with Crippen LogP contribution in [0.3, 0.4) is 0 Å². The van der Waals surface area contributed by atoms with E-state index in [1.165, 1.54) is 25.3 Å². The van der Waals surface area contributed by atoms with Crippen molar-refractivity contribution in [3.8, 4) is 0 Å². The van der Waals surface area contributed by atoms with Crippen LogP contribution < -0.4 is 10.4 Å². The zero-order valence-corrected chi connectivity index (χ0v) is 14.5. The molecule has 4 heteroatoms. The second kappa shape index (κ2) is 7.88. The Bertz CT molecular complexity index is 923. The van der Waals surface area contributed by atoms with Gasteiger partial charge in [0.05, 0.1) is 12.7 Å². The molecule has 0 aliphatic rings. The van der Waals surface area contributed by atoms with Crippen molar-refractivity contribution in [3.63, 3.8) is 0 Å². The van der Waals surface area contributed by atoms with Crippen molar-refractivity contribution in [1.29, 1.82) is 0 Å². The molecule has 0 saturated carbocycles. The van der Waals surface area contributed by atoms with Gasteiger partial charge in [-0.2, -0.15) is 0 Å². The summed E-state index contributed by atoms with van der Waals surface area (Å²) in [6, 6.07) is 8.73. The van der Waals surface area contributed by atoms with Gasteiger partial charge in [0, 0.05) is 5.56 Å². The molecule has 2 nitrogen and oxygen atoms in total. The highest BCUT2D eigenvalue weighted by Gasteiger charge is 2.13. The number of allylic oxidation sites excluding steroid dienone is 1. The molecule has 0 spiro atoms. The van der Waals surface area contributed by atoms with E-state index < -0.39 is 17.6 Å². The van der Waals surface area contributed by atoms with Crippen molar-refractivity contribution in [2.45, 2.75) is 20.3 Å². The third-order valence-electron chi connectivity index (χ3n) is 4.16. The van der Waals surface area contributed by atoms with Gasteiger partial charge in [-0.05, 0) is 59.2 Å². The van der Waals surface area contributed by atoms with E-state index in [1.807, 2.05) is 6.92 Å². The normalized spacial score (nSPS) is 13.2. The Morgan fingerprint density at radius 1 is 1.16 bits per heavy atom. The first-order valence-electron chi connectivity index (χ1n) is 7.93. The lowest BCUT2D eigenvalue weighted by Crippen LogP contribution is -2.30. The van der Waals surface area contributed by atoms with E-state index in [2.05, 4.69) is 6.58 Å².